The van der Waals surface area contributed by atoms with E-state index < -0.39 is 0 Å². The zero-order valence-electron chi connectivity index (χ0n) is 12.1. The summed E-state index contributed by atoms with van der Waals surface area (Å²) in [6.07, 6.45) is 2.55. The van der Waals surface area contributed by atoms with E-state index in [4.69, 9.17) is 4.74 Å². The summed E-state index contributed by atoms with van der Waals surface area (Å²) < 4.78 is 7.98. The largest absolute Gasteiger partial charge is 0.376 e. The summed E-state index contributed by atoms with van der Waals surface area (Å²) in [5.74, 6) is 1.82. The van der Waals surface area contributed by atoms with E-state index in [0.29, 0.717) is 0 Å². The number of hydrogen-bond donors (Lipinski definition) is 0. The molecule has 112 valence electrons. The molecule has 3 heterocycles. The number of thiophene rings is 1. The van der Waals surface area contributed by atoms with E-state index in [2.05, 4.69) is 32.8 Å². The van der Waals surface area contributed by atoms with E-state index in [-0.39, 0.29) is 6.10 Å². The van der Waals surface area contributed by atoms with Crippen LogP contribution in [0.1, 0.15) is 19.8 Å². The Morgan fingerprint density at radius 2 is 2.48 bits per heavy atom. The molecule has 0 bridgehead atoms. The van der Waals surface area contributed by atoms with Crippen molar-refractivity contribution in [3.8, 4) is 10.7 Å². The second-order valence-electron chi connectivity index (χ2n) is 5.27. The third kappa shape index (κ3) is 3.56. The number of rotatable bonds is 6. The summed E-state index contributed by atoms with van der Waals surface area (Å²) in [6.45, 7) is 7.70. The van der Waals surface area contributed by atoms with Crippen molar-refractivity contribution >= 4 is 23.1 Å². The molecule has 0 saturated carbocycles. The smallest absolute Gasteiger partial charge is 0.191 e. The second-order valence-corrected chi connectivity index (χ2v) is 7.17. The first-order chi connectivity index (χ1) is 10.2. The van der Waals surface area contributed by atoms with Gasteiger partial charge in [-0.25, -0.2) is 0 Å². The number of hydrogen-bond acceptors (Lipinski definition) is 5. The highest BCUT2D eigenvalue weighted by molar-refractivity contribution is 7.99. The molecule has 1 aliphatic heterocycles. The van der Waals surface area contributed by atoms with Gasteiger partial charge in [0.05, 0.1) is 17.5 Å². The van der Waals surface area contributed by atoms with Gasteiger partial charge in [-0.05, 0) is 31.2 Å². The minimum absolute atomic E-state index is 0.281. The lowest BCUT2D eigenvalue weighted by atomic mass is 10.2. The predicted molar refractivity (Wildman–Crippen MR) is 87.8 cm³/mol. The van der Waals surface area contributed by atoms with E-state index in [1.807, 2.05) is 13.0 Å². The molecule has 1 unspecified atom stereocenters. The minimum atomic E-state index is 0.281. The minimum Gasteiger partial charge on any atom is -0.376 e. The highest BCUT2D eigenvalue weighted by Crippen LogP contribution is 2.29. The molecule has 1 atom stereocenters. The lowest BCUT2D eigenvalue weighted by molar-refractivity contribution is 0.0953. The first kappa shape index (κ1) is 14.8. The molecule has 1 fully saturated rings. The van der Waals surface area contributed by atoms with Crippen LogP contribution < -0.4 is 0 Å². The van der Waals surface area contributed by atoms with E-state index in [9.17, 15) is 0 Å². The third-order valence-corrected chi connectivity index (χ3v) is 5.38. The molecule has 0 spiro atoms. The Hall–Kier alpha value is -1.11. The second kappa shape index (κ2) is 6.77. The van der Waals surface area contributed by atoms with Gasteiger partial charge in [-0.1, -0.05) is 30.0 Å². The first-order valence-electron chi connectivity index (χ1n) is 7.10. The van der Waals surface area contributed by atoms with Gasteiger partial charge in [-0.15, -0.1) is 21.5 Å². The molecule has 1 aliphatic rings. The molecule has 3 rings (SSSR count). The Bertz CT molecular complexity index is 600. The molecule has 0 aliphatic carbocycles. The number of nitrogens with zero attached hydrogens (tertiary/aromatic N) is 3. The summed E-state index contributed by atoms with van der Waals surface area (Å²) >= 11 is 3.39. The van der Waals surface area contributed by atoms with Crippen LogP contribution in [0.3, 0.4) is 0 Å². The maximum Gasteiger partial charge on any atom is 0.191 e. The van der Waals surface area contributed by atoms with Crippen molar-refractivity contribution in [1.29, 1.82) is 0 Å². The first-order valence-corrected chi connectivity index (χ1v) is 8.96. The fraction of sp³-hybridized carbons (Fsp3) is 0.467. The summed E-state index contributed by atoms with van der Waals surface area (Å²) in [7, 11) is 0. The monoisotopic (exact) mass is 321 g/mol. The molecule has 0 amide bonds. The van der Waals surface area contributed by atoms with Crippen LogP contribution in [0, 0.1) is 0 Å². The molecule has 0 aromatic carbocycles. The van der Waals surface area contributed by atoms with Gasteiger partial charge in [0, 0.05) is 12.4 Å². The zero-order chi connectivity index (χ0) is 14.7. The van der Waals surface area contributed by atoms with Crippen LogP contribution >= 0.6 is 23.1 Å². The fourth-order valence-electron chi connectivity index (χ4n) is 2.33. The van der Waals surface area contributed by atoms with E-state index in [1.54, 1.807) is 23.1 Å². The van der Waals surface area contributed by atoms with Crippen molar-refractivity contribution in [2.45, 2.75) is 37.6 Å². The van der Waals surface area contributed by atoms with Gasteiger partial charge in [0.1, 0.15) is 0 Å². The Morgan fingerprint density at radius 3 is 3.14 bits per heavy atom. The van der Waals surface area contributed by atoms with Gasteiger partial charge in [0.25, 0.3) is 0 Å². The van der Waals surface area contributed by atoms with Gasteiger partial charge in [0.2, 0.25) is 0 Å². The van der Waals surface area contributed by atoms with Gasteiger partial charge in [-0.2, -0.15) is 0 Å². The Balaban J connectivity index is 1.86. The average Bonchev–Trinajstić information content (AvgIpc) is 3.18. The molecule has 21 heavy (non-hydrogen) atoms. The Morgan fingerprint density at radius 1 is 1.57 bits per heavy atom. The predicted octanol–water partition coefficient (Wildman–Crippen LogP) is 3.85. The number of thioether (sulfide) groups is 1. The lowest BCUT2D eigenvalue weighted by Gasteiger charge is -2.14. The van der Waals surface area contributed by atoms with Crippen LogP contribution in [-0.2, 0) is 11.3 Å². The van der Waals surface area contributed by atoms with Crippen molar-refractivity contribution in [3.63, 3.8) is 0 Å². The quantitative estimate of drug-likeness (QED) is 0.598. The maximum atomic E-state index is 5.78. The van der Waals surface area contributed by atoms with Crippen LogP contribution in [0.25, 0.3) is 10.7 Å². The van der Waals surface area contributed by atoms with Gasteiger partial charge >= 0.3 is 0 Å². The standard InChI is InChI=1S/C15H19N3OS2/c1-11(2)10-21-15-17-16-14(13-6-4-8-20-13)18(15)9-12-5-3-7-19-12/h4,6,8,12H,1,3,5,7,9-10H2,2H3. The maximum absolute atomic E-state index is 5.78. The third-order valence-electron chi connectivity index (χ3n) is 3.32. The number of ether oxygens (including phenoxy) is 1. The van der Waals surface area contributed by atoms with Crippen molar-refractivity contribution in [1.82, 2.24) is 14.8 Å². The van der Waals surface area contributed by atoms with Crippen LogP contribution in [0.15, 0.2) is 34.8 Å². The van der Waals surface area contributed by atoms with Gasteiger partial charge in [-0.3, -0.25) is 4.57 Å². The number of aromatic nitrogens is 3. The molecule has 1 saturated heterocycles. The molecule has 0 radical (unpaired) electrons. The normalized spacial score (nSPS) is 18.2. The van der Waals surface area contributed by atoms with E-state index in [0.717, 1.165) is 53.2 Å². The summed E-state index contributed by atoms with van der Waals surface area (Å²) in [4.78, 5) is 1.16. The molecule has 2 aromatic heterocycles. The summed E-state index contributed by atoms with van der Waals surface area (Å²) in [5.41, 5.74) is 1.14. The highest BCUT2D eigenvalue weighted by atomic mass is 32.2. The van der Waals surface area contributed by atoms with Crippen molar-refractivity contribution in [2.24, 2.45) is 0 Å². The molecule has 0 N–H and O–H groups in total. The Labute approximate surface area is 133 Å². The van der Waals surface area contributed by atoms with Crippen LogP contribution in [-0.4, -0.2) is 33.2 Å². The zero-order valence-corrected chi connectivity index (χ0v) is 13.8. The summed E-state index contributed by atoms with van der Waals surface area (Å²) in [6, 6.07) is 4.14. The van der Waals surface area contributed by atoms with E-state index >= 15 is 0 Å². The average molecular weight is 321 g/mol. The topological polar surface area (TPSA) is 39.9 Å². The molecular weight excluding hydrogens is 302 g/mol. The lowest BCUT2D eigenvalue weighted by Crippen LogP contribution is -2.16. The SMILES string of the molecule is C=C(C)CSc1nnc(-c2cccs2)n1CC1CCCO1. The van der Waals surface area contributed by atoms with Crippen LogP contribution in [0.4, 0.5) is 0 Å². The van der Waals surface area contributed by atoms with Crippen molar-refractivity contribution in [3.05, 3.63) is 29.7 Å². The van der Waals surface area contributed by atoms with Crippen LogP contribution in [0.2, 0.25) is 0 Å². The summed E-state index contributed by atoms with van der Waals surface area (Å²) in [5, 5.41) is 11.8. The molecule has 4 nitrogen and oxygen atoms in total. The van der Waals surface area contributed by atoms with Crippen LogP contribution in [0.5, 0.6) is 0 Å². The molecular formula is C15H19N3OS2. The molecule has 6 heteroatoms. The van der Waals surface area contributed by atoms with E-state index in [1.165, 1.54) is 0 Å². The van der Waals surface area contributed by atoms with Gasteiger partial charge in [0.15, 0.2) is 11.0 Å². The van der Waals surface area contributed by atoms with Gasteiger partial charge < -0.3 is 4.74 Å². The van der Waals surface area contributed by atoms with Crippen molar-refractivity contribution < 1.29 is 4.74 Å². The highest BCUT2D eigenvalue weighted by Gasteiger charge is 2.22. The fourth-order valence-corrected chi connectivity index (χ4v) is 3.84. The Kier molecular flexibility index (Phi) is 4.77. The molecule has 2 aromatic rings. The van der Waals surface area contributed by atoms with Crippen molar-refractivity contribution in [2.75, 3.05) is 12.4 Å².